The molecule has 8 aromatic rings. The number of hydrogen-bond acceptors (Lipinski definition) is 10. The second kappa shape index (κ2) is 20.2. The van der Waals surface area contributed by atoms with E-state index in [1.54, 1.807) is 48.8 Å². The number of benzene rings is 6. The third-order valence-corrected chi connectivity index (χ3v) is 12.6. The van der Waals surface area contributed by atoms with Crippen molar-refractivity contribution >= 4 is 91.7 Å². The number of hydrazine groups is 1. The summed E-state index contributed by atoms with van der Waals surface area (Å²) < 4.78 is 102. The van der Waals surface area contributed by atoms with E-state index in [0.29, 0.717) is 49.8 Å². The van der Waals surface area contributed by atoms with E-state index in [4.69, 9.17) is 42.6 Å². The van der Waals surface area contributed by atoms with Crippen LogP contribution in [0.2, 0.25) is 10.0 Å². The lowest BCUT2D eigenvalue weighted by Gasteiger charge is -2.35. The second-order valence-electron chi connectivity index (χ2n) is 16.9. The highest BCUT2D eigenvalue weighted by molar-refractivity contribution is 6.31. The lowest BCUT2D eigenvalue weighted by atomic mass is 10.2. The highest BCUT2D eigenvalue weighted by Gasteiger charge is 2.37. The minimum absolute atomic E-state index is 0.218. The minimum Gasteiger partial charge on any atom is -0.454 e. The van der Waals surface area contributed by atoms with E-state index in [1.165, 1.54) is 24.3 Å². The van der Waals surface area contributed by atoms with Crippen LogP contribution in [0.1, 0.15) is 31.2 Å². The quantitative estimate of drug-likeness (QED) is 0.100. The van der Waals surface area contributed by atoms with Crippen LogP contribution in [0.5, 0.6) is 23.0 Å². The molecule has 0 aliphatic carbocycles. The number of urea groups is 2. The fourth-order valence-electron chi connectivity index (χ4n) is 8.34. The van der Waals surface area contributed by atoms with E-state index >= 15 is 13.2 Å². The van der Waals surface area contributed by atoms with E-state index in [9.17, 15) is 22.8 Å². The maximum atomic E-state index is 15.9. The zero-order valence-corrected chi connectivity index (χ0v) is 39.5. The van der Waals surface area contributed by atoms with Crippen molar-refractivity contribution in [2.75, 3.05) is 56.6 Å². The summed E-state index contributed by atoms with van der Waals surface area (Å²) in [5.74, 6) is -1.72. The zero-order chi connectivity index (χ0) is 51.0. The van der Waals surface area contributed by atoms with Crippen molar-refractivity contribution in [2.45, 2.75) is 31.9 Å². The average molecular weight is 1040 g/mol. The number of rotatable bonds is 10. The molecule has 0 unspecified atom stereocenters. The molecule has 2 aromatic heterocycles. The fraction of sp³-hybridized carbons (Fsp3) is 0.176. The summed E-state index contributed by atoms with van der Waals surface area (Å²) in [6.07, 6.45) is 2.45. The van der Waals surface area contributed by atoms with Crippen molar-refractivity contribution in [3.05, 3.63) is 155 Å². The van der Waals surface area contributed by atoms with Crippen LogP contribution in [-0.4, -0.2) is 58.2 Å². The summed E-state index contributed by atoms with van der Waals surface area (Å²) in [5, 5.41) is 4.53. The van der Waals surface area contributed by atoms with Crippen molar-refractivity contribution in [3.63, 3.8) is 0 Å². The van der Waals surface area contributed by atoms with Gasteiger partial charge in [-0.25, -0.2) is 32.7 Å². The van der Waals surface area contributed by atoms with Gasteiger partial charge in [0.05, 0.1) is 61.4 Å². The molecule has 6 aromatic carbocycles. The van der Waals surface area contributed by atoms with Gasteiger partial charge in [0, 0.05) is 67.9 Å². The number of nitrogens with one attached hydrogen (secondary N) is 2. The maximum Gasteiger partial charge on any atom is 0.417 e. The number of carbonyl (C=O) groups is 2. The van der Waals surface area contributed by atoms with Crippen LogP contribution in [-0.2, 0) is 6.18 Å². The first-order valence-electron chi connectivity index (χ1n) is 22.7. The normalized spacial score (nSPS) is 13.6. The summed E-state index contributed by atoms with van der Waals surface area (Å²) in [6.45, 7) is 3.39. The Balaban J connectivity index is 0.939. The summed E-state index contributed by atoms with van der Waals surface area (Å²) in [6, 6.07) is 18.8. The smallest absolute Gasteiger partial charge is 0.417 e. The molecule has 4 amide bonds. The molecule has 372 valence electrons. The van der Waals surface area contributed by atoms with Crippen LogP contribution >= 0.6 is 23.2 Å². The number of hydrogen-bond donors (Lipinski definition) is 2. The summed E-state index contributed by atoms with van der Waals surface area (Å²) in [7, 11) is 0. The number of nitrogens with zero attached hydrogens (tertiary/aromatic N) is 8. The molecule has 14 nitrogen and oxygen atoms in total. The molecule has 2 aliphatic rings. The summed E-state index contributed by atoms with van der Waals surface area (Å²) in [5.41, 5.74) is -0.786. The van der Waals surface area contributed by atoms with Crippen LogP contribution in [0.4, 0.5) is 70.3 Å². The molecule has 2 aliphatic heterocycles. The lowest BCUT2D eigenvalue weighted by molar-refractivity contribution is -0.137. The first kappa shape index (κ1) is 48.5. The van der Waals surface area contributed by atoms with E-state index in [-0.39, 0.29) is 34.4 Å². The summed E-state index contributed by atoms with van der Waals surface area (Å²) >= 11 is 12.0. The van der Waals surface area contributed by atoms with Gasteiger partial charge in [-0.05, 0) is 105 Å². The molecule has 0 atom stereocenters. The Morgan fingerprint density at radius 3 is 1.42 bits per heavy atom. The van der Waals surface area contributed by atoms with Crippen LogP contribution in [0, 0.1) is 17.5 Å². The van der Waals surface area contributed by atoms with Crippen molar-refractivity contribution in [2.24, 2.45) is 0 Å². The average Bonchev–Trinajstić information content (AvgIpc) is 4.12. The number of ether oxygens (including phenoxy) is 2. The molecule has 2 N–H and O–H groups in total. The van der Waals surface area contributed by atoms with Gasteiger partial charge in [0.25, 0.3) is 0 Å². The van der Waals surface area contributed by atoms with Gasteiger partial charge in [0.1, 0.15) is 29.0 Å². The Morgan fingerprint density at radius 1 is 0.534 bits per heavy atom. The third kappa shape index (κ3) is 10.6. The number of carbonyl (C=O) groups excluding carboxylic acids is 2. The van der Waals surface area contributed by atoms with E-state index in [2.05, 4.69) is 30.4 Å². The highest BCUT2D eigenvalue weighted by atomic mass is 35.5. The van der Waals surface area contributed by atoms with Crippen molar-refractivity contribution in [1.82, 2.24) is 19.9 Å². The second-order valence-corrected chi connectivity index (χ2v) is 17.7. The maximum absolute atomic E-state index is 15.9. The lowest BCUT2D eigenvalue weighted by Crippen LogP contribution is -2.54. The molecule has 2 fully saturated rings. The van der Waals surface area contributed by atoms with Gasteiger partial charge in [-0.1, -0.05) is 23.2 Å². The van der Waals surface area contributed by atoms with Crippen molar-refractivity contribution in [1.29, 1.82) is 0 Å². The molecule has 2 saturated heterocycles. The van der Waals surface area contributed by atoms with Gasteiger partial charge < -0.3 is 29.9 Å². The largest absolute Gasteiger partial charge is 0.454 e. The molecule has 0 saturated carbocycles. The number of aromatic nitrogens is 4. The molecule has 0 spiro atoms. The Labute approximate surface area is 421 Å². The topological polar surface area (TPSA) is 141 Å². The van der Waals surface area contributed by atoms with Gasteiger partial charge in [-0.2, -0.15) is 23.2 Å². The van der Waals surface area contributed by atoms with Crippen molar-refractivity contribution in [3.8, 4) is 23.0 Å². The van der Waals surface area contributed by atoms with E-state index < -0.39 is 62.7 Å². The highest BCUT2D eigenvalue weighted by Crippen LogP contribution is 2.39. The first-order chi connectivity index (χ1) is 35.1. The molecule has 22 heteroatoms. The van der Waals surface area contributed by atoms with Crippen LogP contribution in [0.3, 0.4) is 0 Å². The summed E-state index contributed by atoms with van der Waals surface area (Å²) in [4.78, 5) is 51.7. The van der Waals surface area contributed by atoms with Gasteiger partial charge in [-0.3, -0.25) is 9.97 Å². The number of fused-ring (bicyclic) bond motifs is 2. The third-order valence-electron chi connectivity index (χ3n) is 11.9. The van der Waals surface area contributed by atoms with Crippen LogP contribution in [0.25, 0.3) is 22.1 Å². The van der Waals surface area contributed by atoms with Crippen LogP contribution in [0.15, 0.2) is 122 Å². The molecular formula is C51H38Cl2F6N10O4. The number of alkyl halides is 3. The fourth-order valence-corrected chi connectivity index (χ4v) is 8.69. The predicted molar refractivity (Wildman–Crippen MR) is 266 cm³/mol. The predicted octanol–water partition coefficient (Wildman–Crippen LogP) is 13.8. The van der Waals surface area contributed by atoms with Crippen LogP contribution < -0.4 is 39.9 Å². The molecule has 10 rings (SSSR count). The molecule has 0 bridgehead atoms. The SMILES string of the molecule is O=C(Nc1ccc(Oc2ccc3ncc(N4CCCC4)nc3c2)c(F)c1)N(c1ccc(Cl)c(F)c1)N(C(=O)Nc1ccc(Oc2ccc3ncc(N4CCCC4)nc3c2)c(F)c1)c1ccc(Cl)c(C(F)(F)F)c1. The molecule has 73 heavy (non-hydrogen) atoms. The zero-order valence-electron chi connectivity index (χ0n) is 37.9. The molecular weight excluding hydrogens is 1000 g/mol. The monoisotopic (exact) mass is 1040 g/mol. The first-order valence-corrected chi connectivity index (χ1v) is 23.4. The molecule has 0 radical (unpaired) electrons. The number of halogens is 8. The minimum atomic E-state index is -5.07. The Kier molecular flexibility index (Phi) is 13.4. The Hall–Kier alpha value is -8.10. The molecule has 4 heterocycles. The van der Waals surface area contributed by atoms with Gasteiger partial charge >= 0.3 is 18.2 Å². The Morgan fingerprint density at radius 2 is 0.986 bits per heavy atom. The number of amides is 4. The van der Waals surface area contributed by atoms with Gasteiger partial charge in [0.15, 0.2) is 23.1 Å². The van der Waals surface area contributed by atoms with Gasteiger partial charge in [-0.15, -0.1) is 0 Å². The van der Waals surface area contributed by atoms with E-state index in [0.717, 1.165) is 94.3 Å². The van der Waals surface area contributed by atoms with E-state index in [1.807, 2.05) is 0 Å². The number of anilines is 6. The Bertz CT molecular complexity index is 3440. The standard InChI is InChI=1S/C51H38Cl2F6N10O4/c52-36-11-7-31(23-35(36)51(57,58)59)68(49(70)62-29-5-15-45(39(55)21-29)72-33-9-13-41-43(25-33)64-47(27-60-41)66-17-1-2-18-66)69(32-8-12-37(53)38(54)24-32)50(71)63-30-6-16-46(40(56)22-30)73-34-10-14-42-44(26-34)65-48(28-61-42)67-19-3-4-20-67/h5-16,21-28H,1-4,17-20H2,(H,62,70)(H,63,71). The van der Waals surface area contributed by atoms with Crippen molar-refractivity contribution < 1.29 is 45.4 Å². The van der Waals surface area contributed by atoms with Gasteiger partial charge in [0.2, 0.25) is 0 Å².